The molecule has 2 aromatic rings. The lowest BCUT2D eigenvalue weighted by Gasteiger charge is -2.20. The van der Waals surface area contributed by atoms with E-state index in [1.54, 1.807) is 50.6 Å². The molecule has 0 spiro atoms. The Morgan fingerprint density at radius 1 is 1.17 bits per heavy atom. The minimum atomic E-state index is -0.383. The summed E-state index contributed by atoms with van der Waals surface area (Å²) < 4.78 is 5.08. The number of nitrogens with one attached hydrogen (secondary N) is 1. The highest BCUT2D eigenvalue weighted by atomic mass is 35.5. The van der Waals surface area contributed by atoms with E-state index in [9.17, 15) is 9.59 Å². The number of benzene rings is 2. The summed E-state index contributed by atoms with van der Waals surface area (Å²) in [4.78, 5) is 25.7. The molecule has 2 aromatic carbocycles. The van der Waals surface area contributed by atoms with Crippen LogP contribution in [-0.4, -0.2) is 31.9 Å². The minimum absolute atomic E-state index is 0.182. The maximum Gasteiger partial charge on any atom is 0.257 e. The second kappa shape index (κ2) is 8.04. The number of amides is 2. The third kappa shape index (κ3) is 4.19. The highest BCUT2D eigenvalue weighted by molar-refractivity contribution is 6.32. The van der Waals surface area contributed by atoms with Crippen LogP contribution in [0, 0.1) is 0 Å². The Balaban J connectivity index is 2.30. The number of methoxy groups -OCH3 is 1. The quantitative estimate of drug-likeness (QED) is 0.818. The number of ether oxygens (including phenoxy) is 1. The Labute approximate surface area is 150 Å². The molecule has 0 bridgehead atoms. The number of carbonyl (C=O) groups is 2. The number of alkyl halides is 1. The molecule has 0 saturated carbocycles. The van der Waals surface area contributed by atoms with Gasteiger partial charge in [-0.2, -0.15) is 0 Å². The van der Waals surface area contributed by atoms with E-state index in [4.69, 9.17) is 27.9 Å². The van der Waals surface area contributed by atoms with E-state index in [0.717, 1.165) is 0 Å². The second-order valence-electron chi connectivity index (χ2n) is 4.93. The van der Waals surface area contributed by atoms with Crippen molar-refractivity contribution in [3.8, 4) is 5.75 Å². The zero-order valence-corrected chi connectivity index (χ0v) is 14.7. The van der Waals surface area contributed by atoms with Crippen molar-refractivity contribution in [3.05, 3.63) is 53.1 Å². The number of hydrogen-bond donors (Lipinski definition) is 1. The molecule has 0 heterocycles. The molecule has 0 atom stereocenters. The predicted molar refractivity (Wildman–Crippen MR) is 96.5 cm³/mol. The van der Waals surface area contributed by atoms with Crippen LogP contribution in [0.5, 0.6) is 5.75 Å². The first kappa shape index (κ1) is 18.1. The van der Waals surface area contributed by atoms with Gasteiger partial charge in [-0.3, -0.25) is 9.59 Å². The fourth-order valence-electron chi connectivity index (χ4n) is 2.08. The van der Waals surface area contributed by atoms with Gasteiger partial charge < -0.3 is 15.0 Å². The average molecular weight is 367 g/mol. The average Bonchev–Trinajstić information content (AvgIpc) is 2.61. The summed E-state index contributed by atoms with van der Waals surface area (Å²) in [5.41, 5.74) is 1.30. The molecule has 0 unspecified atom stereocenters. The Morgan fingerprint density at radius 2 is 1.83 bits per heavy atom. The normalized spacial score (nSPS) is 10.2. The van der Waals surface area contributed by atoms with E-state index in [-0.39, 0.29) is 23.3 Å². The molecule has 2 rings (SSSR count). The fraction of sp³-hybridized carbons (Fsp3) is 0.176. The standard InChI is InChI=1S/C17H16Cl2N2O3/c1-21(16(22)10-18)15-8-3-11(19)9-14(15)17(23)20-12-4-6-13(24-2)7-5-12/h3-9H,10H2,1-2H3,(H,20,23). The molecule has 24 heavy (non-hydrogen) atoms. The van der Waals surface area contributed by atoms with Gasteiger partial charge in [-0.15, -0.1) is 11.6 Å². The van der Waals surface area contributed by atoms with Gasteiger partial charge in [-0.25, -0.2) is 0 Å². The summed E-state index contributed by atoms with van der Waals surface area (Å²) in [5.74, 6) is -0.202. The van der Waals surface area contributed by atoms with Crippen molar-refractivity contribution in [1.82, 2.24) is 0 Å². The summed E-state index contributed by atoms with van der Waals surface area (Å²) in [6.45, 7) is 0. The Kier molecular flexibility index (Phi) is 6.06. The molecule has 0 radical (unpaired) electrons. The second-order valence-corrected chi connectivity index (χ2v) is 5.63. The van der Waals surface area contributed by atoms with Gasteiger partial charge in [-0.05, 0) is 42.5 Å². The van der Waals surface area contributed by atoms with Crippen molar-refractivity contribution in [2.75, 3.05) is 30.3 Å². The third-order valence-electron chi connectivity index (χ3n) is 3.40. The van der Waals surface area contributed by atoms with Gasteiger partial charge in [0.05, 0.1) is 18.4 Å². The number of halogens is 2. The van der Waals surface area contributed by atoms with Gasteiger partial charge in [0, 0.05) is 17.8 Å². The van der Waals surface area contributed by atoms with Crippen LogP contribution in [0.15, 0.2) is 42.5 Å². The number of carbonyl (C=O) groups excluding carboxylic acids is 2. The smallest absolute Gasteiger partial charge is 0.257 e. The summed E-state index contributed by atoms with van der Waals surface area (Å²) in [7, 11) is 3.12. The van der Waals surface area contributed by atoms with Gasteiger partial charge in [0.1, 0.15) is 11.6 Å². The zero-order valence-electron chi connectivity index (χ0n) is 13.2. The molecule has 5 nitrogen and oxygen atoms in total. The van der Waals surface area contributed by atoms with Gasteiger partial charge in [0.25, 0.3) is 5.91 Å². The summed E-state index contributed by atoms with van der Waals surface area (Å²) in [5, 5.41) is 3.16. The molecule has 0 saturated heterocycles. The minimum Gasteiger partial charge on any atom is -0.497 e. The van der Waals surface area contributed by atoms with Gasteiger partial charge >= 0.3 is 0 Å². The fourth-order valence-corrected chi connectivity index (χ4v) is 2.43. The molecule has 126 valence electrons. The highest BCUT2D eigenvalue weighted by Crippen LogP contribution is 2.25. The largest absolute Gasteiger partial charge is 0.497 e. The van der Waals surface area contributed by atoms with Crippen LogP contribution in [-0.2, 0) is 4.79 Å². The van der Waals surface area contributed by atoms with E-state index in [2.05, 4.69) is 5.32 Å². The monoisotopic (exact) mass is 366 g/mol. The Morgan fingerprint density at radius 3 is 2.42 bits per heavy atom. The topological polar surface area (TPSA) is 58.6 Å². The first-order chi connectivity index (χ1) is 11.5. The van der Waals surface area contributed by atoms with Crippen molar-refractivity contribution in [3.63, 3.8) is 0 Å². The van der Waals surface area contributed by atoms with Crippen molar-refractivity contribution < 1.29 is 14.3 Å². The molecular weight excluding hydrogens is 351 g/mol. The molecule has 0 aliphatic heterocycles. The summed E-state index contributed by atoms with van der Waals surface area (Å²) in [6, 6.07) is 11.6. The highest BCUT2D eigenvalue weighted by Gasteiger charge is 2.19. The molecular formula is C17H16Cl2N2O3. The first-order valence-corrected chi connectivity index (χ1v) is 7.95. The molecule has 0 aliphatic rings. The number of anilines is 2. The molecule has 2 amide bonds. The first-order valence-electron chi connectivity index (χ1n) is 7.03. The number of rotatable bonds is 5. The van der Waals surface area contributed by atoms with Crippen LogP contribution in [0.25, 0.3) is 0 Å². The lowest BCUT2D eigenvalue weighted by Crippen LogP contribution is -2.29. The van der Waals surface area contributed by atoms with Crippen LogP contribution < -0.4 is 15.0 Å². The maximum atomic E-state index is 12.6. The molecule has 7 heteroatoms. The van der Waals surface area contributed by atoms with Crippen molar-refractivity contribution in [2.45, 2.75) is 0 Å². The summed E-state index contributed by atoms with van der Waals surface area (Å²) >= 11 is 11.6. The van der Waals surface area contributed by atoms with Crippen LogP contribution in [0.3, 0.4) is 0 Å². The molecule has 1 N–H and O–H groups in total. The van der Waals surface area contributed by atoms with Crippen LogP contribution in [0.1, 0.15) is 10.4 Å². The predicted octanol–water partition coefficient (Wildman–Crippen LogP) is 3.80. The van der Waals surface area contributed by atoms with Crippen LogP contribution in [0.2, 0.25) is 5.02 Å². The lowest BCUT2D eigenvalue weighted by molar-refractivity contribution is -0.116. The van der Waals surface area contributed by atoms with Gasteiger partial charge in [0.15, 0.2) is 0 Å². The van der Waals surface area contributed by atoms with Crippen LogP contribution in [0.4, 0.5) is 11.4 Å². The van der Waals surface area contributed by atoms with Crippen molar-refractivity contribution in [2.24, 2.45) is 0 Å². The van der Waals surface area contributed by atoms with E-state index >= 15 is 0 Å². The van der Waals surface area contributed by atoms with E-state index in [1.165, 1.54) is 11.0 Å². The van der Waals surface area contributed by atoms with E-state index in [1.807, 2.05) is 0 Å². The van der Waals surface area contributed by atoms with Gasteiger partial charge in [0.2, 0.25) is 5.91 Å². The Bertz CT molecular complexity index is 748. The number of nitrogens with zero attached hydrogens (tertiary/aromatic N) is 1. The van der Waals surface area contributed by atoms with E-state index in [0.29, 0.717) is 22.1 Å². The van der Waals surface area contributed by atoms with Crippen molar-refractivity contribution in [1.29, 1.82) is 0 Å². The number of hydrogen-bond acceptors (Lipinski definition) is 3. The maximum absolute atomic E-state index is 12.6. The SMILES string of the molecule is COc1ccc(NC(=O)c2cc(Cl)ccc2N(C)C(=O)CCl)cc1. The van der Waals surface area contributed by atoms with Crippen LogP contribution >= 0.6 is 23.2 Å². The molecule has 0 aliphatic carbocycles. The van der Waals surface area contributed by atoms with Crippen molar-refractivity contribution >= 4 is 46.4 Å². The third-order valence-corrected chi connectivity index (χ3v) is 3.86. The molecule has 0 fully saturated rings. The van der Waals surface area contributed by atoms with Gasteiger partial charge in [-0.1, -0.05) is 11.6 Å². The molecule has 0 aromatic heterocycles. The van der Waals surface area contributed by atoms with E-state index < -0.39 is 0 Å². The Hall–Kier alpha value is -2.24. The summed E-state index contributed by atoms with van der Waals surface area (Å²) in [6.07, 6.45) is 0. The zero-order chi connectivity index (χ0) is 17.7. The lowest BCUT2D eigenvalue weighted by atomic mass is 10.1.